The van der Waals surface area contributed by atoms with E-state index < -0.39 is 17.6 Å². The molecule has 0 fully saturated rings. The minimum absolute atomic E-state index is 0.0583. The Bertz CT molecular complexity index is 1080. The second-order valence-electron chi connectivity index (χ2n) is 5.09. The lowest BCUT2D eigenvalue weighted by molar-refractivity contribution is -0.136. The molecule has 4 aromatic rings. The zero-order valence-corrected chi connectivity index (χ0v) is 11.8. The van der Waals surface area contributed by atoms with Crippen LogP contribution in [0.2, 0.25) is 0 Å². The Morgan fingerprint density at radius 3 is 2.79 bits per heavy atom. The van der Waals surface area contributed by atoms with E-state index in [1.54, 1.807) is 0 Å². The Morgan fingerprint density at radius 2 is 2.04 bits per heavy atom. The van der Waals surface area contributed by atoms with Crippen molar-refractivity contribution in [1.29, 1.82) is 0 Å². The van der Waals surface area contributed by atoms with Crippen LogP contribution >= 0.6 is 0 Å². The molecule has 0 spiro atoms. The van der Waals surface area contributed by atoms with Gasteiger partial charge in [-0.2, -0.15) is 13.2 Å². The topological polar surface area (TPSA) is 84.9 Å². The zero-order chi connectivity index (χ0) is 17.1. The van der Waals surface area contributed by atoms with Crippen LogP contribution in [0.15, 0.2) is 30.7 Å². The molecule has 24 heavy (non-hydrogen) atoms. The number of pyridine rings is 1. The van der Waals surface area contributed by atoms with Crippen LogP contribution in [0.4, 0.5) is 23.4 Å². The fourth-order valence-electron chi connectivity index (χ4n) is 2.56. The maximum atomic E-state index is 13.4. The molecule has 0 atom stereocenters. The summed E-state index contributed by atoms with van der Waals surface area (Å²) < 4.78 is 53.3. The van der Waals surface area contributed by atoms with E-state index in [1.165, 1.54) is 12.3 Å². The van der Waals surface area contributed by atoms with Gasteiger partial charge in [-0.05, 0) is 12.1 Å². The number of H-pyrrole nitrogens is 1. The Kier molecular flexibility index (Phi) is 2.80. The third-order valence-corrected chi connectivity index (χ3v) is 3.58. The van der Waals surface area contributed by atoms with Gasteiger partial charge in [0.15, 0.2) is 11.6 Å². The monoisotopic (exact) mass is 336 g/mol. The van der Waals surface area contributed by atoms with E-state index in [0.717, 1.165) is 23.0 Å². The highest BCUT2D eigenvalue weighted by Crippen LogP contribution is 2.35. The van der Waals surface area contributed by atoms with E-state index in [4.69, 9.17) is 5.73 Å². The first-order chi connectivity index (χ1) is 11.3. The fraction of sp³-hybridized carbons (Fsp3) is 0.0714. The molecule has 0 radical (unpaired) electrons. The van der Waals surface area contributed by atoms with Crippen molar-refractivity contribution in [1.82, 2.24) is 24.6 Å². The van der Waals surface area contributed by atoms with Crippen LogP contribution in [0.5, 0.6) is 0 Å². The Morgan fingerprint density at radius 1 is 1.25 bits per heavy atom. The van der Waals surface area contributed by atoms with Crippen molar-refractivity contribution >= 4 is 22.4 Å². The molecule has 3 N–H and O–H groups in total. The SMILES string of the molecule is Nc1nc(-c2c[nH]c3ncc(F)cc23)nn2ccc(C(F)(F)F)c12. The molecule has 0 aliphatic heterocycles. The van der Waals surface area contributed by atoms with Crippen LogP contribution in [0.25, 0.3) is 27.9 Å². The van der Waals surface area contributed by atoms with Gasteiger partial charge in [0.2, 0.25) is 0 Å². The number of nitrogens with zero attached hydrogens (tertiary/aromatic N) is 4. The lowest BCUT2D eigenvalue weighted by Gasteiger charge is -2.07. The van der Waals surface area contributed by atoms with Gasteiger partial charge in [0.05, 0.1) is 11.8 Å². The number of nitrogen functional groups attached to an aromatic ring is 1. The first-order valence-corrected chi connectivity index (χ1v) is 6.69. The van der Waals surface area contributed by atoms with Gasteiger partial charge in [-0.3, -0.25) is 0 Å². The Labute approximate surface area is 130 Å². The average molecular weight is 336 g/mol. The molecule has 0 saturated carbocycles. The van der Waals surface area contributed by atoms with Crippen molar-refractivity contribution in [3.63, 3.8) is 0 Å². The van der Waals surface area contributed by atoms with Crippen molar-refractivity contribution < 1.29 is 17.6 Å². The van der Waals surface area contributed by atoms with Gasteiger partial charge < -0.3 is 10.7 Å². The molecular formula is C14H8F4N6. The van der Waals surface area contributed by atoms with Crippen LogP contribution in [-0.2, 0) is 6.18 Å². The van der Waals surface area contributed by atoms with Crippen LogP contribution in [0.3, 0.4) is 0 Å². The van der Waals surface area contributed by atoms with Crippen molar-refractivity contribution in [3.8, 4) is 11.4 Å². The molecule has 0 amide bonds. The number of hydrogen-bond donors (Lipinski definition) is 2. The highest BCUT2D eigenvalue weighted by Gasteiger charge is 2.35. The second-order valence-corrected chi connectivity index (χ2v) is 5.09. The van der Waals surface area contributed by atoms with Gasteiger partial charge in [-0.25, -0.2) is 18.9 Å². The van der Waals surface area contributed by atoms with Gasteiger partial charge in [0, 0.05) is 23.3 Å². The predicted octanol–water partition coefficient (Wildman–Crippen LogP) is 3.01. The van der Waals surface area contributed by atoms with Gasteiger partial charge in [0.25, 0.3) is 0 Å². The van der Waals surface area contributed by atoms with E-state index in [9.17, 15) is 17.6 Å². The lowest BCUT2D eigenvalue weighted by Crippen LogP contribution is -2.08. The number of anilines is 1. The number of aromatic amines is 1. The molecule has 0 aliphatic rings. The molecule has 0 bridgehead atoms. The Hall–Kier alpha value is -3.17. The summed E-state index contributed by atoms with van der Waals surface area (Å²) in [5.74, 6) is -0.822. The number of nitrogens with one attached hydrogen (secondary N) is 1. The van der Waals surface area contributed by atoms with E-state index in [0.29, 0.717) is 16.6 Å². The van der Waals surface area contributed by atoms with Gasteiger partial charge >= 0.3 is 6.18 Å². The number of nitrogens with two attached hydrogens (primary N) is 1. The molecule has 0 aliphatic carbocycles. The largest absolute Gasteiger partial charge is 0.418 e. The Balaban J connectivity index is 1.96. The number of alkyl halides is 3. The first kappa shape index (κ1) is 14.4. The molecule has 4 aromatic heterocycles. The summed E-state index contributed by atoms with van der Waals surface area (Å²) >= 11 is 0. The van der Waals surface area contributed by atoms with E-state index in [-0.39, 0.29) is 17.2 Å². The quantitative estimate of drug-likeness (QED) is 0.523. The number of fused-ring (bicyclic) bond motifs is 2. The lowest BCUT2D eigenvalue weighted by atomic mass is 10.2. The molecule has 0 aromatic carbocycles. The summed E-state index contributed by atoms with van der Waals surface area (Å²) in [6.07, 6.45) is -0.886. The van der Waals surface area contributed by atoms with Crippen molar-refractivity contribution in [2.24, 2.45) is 0 Å². The average Bonchev–Trinajstić information content (AvgIpc) is 3.09. The molecule has 4 heterocycles. The van der Waals surface area contributed by atoms with E-state index >= 15 is 0 Å². The molecule has 6 nitrogen and oxygen atoms in total. The minimum atomic E-state index is -4.57. The number of halogens is 4. The zero-order valence-electron chi connectivity index (χ0n) is 11.8. The smallest absolute Gasteiger partial charge is 0.382 e. The van der Waals surface area contributed by atoms with E-state index in [2.05, 4.69) is 20.1 Å². The molecule has 10 heteroatoms. The summed E-state index contributed by atoms with van der Waals surface area (Å²) in [6, 6.07) is 2.11. The summed E-state index contributed by atoms with van der Waals surface area (Å²) in [5.41, 5.74) is 5.25. The van der Waals surface area contributed by atoms with Crippen LogP contribution in [-0.4, -0.2) is 24.6 Å². The predicted molar refractivity (Wildman–Crippen MR) is 77.4 cm³/mol. The van der Waals surface area contributed by atoms with Crippen LogP contribution in [0, 0.1) is 5.82 Å². The number of rotatable bonds is 1. The molecule has 0 saturated heterocycles. The van der Waals surface area contributed by atoms with Gasteiger partial charge in [-0.15, -0.1) is 5.10 Å². The third kappa shape index (κ3) is 2.07. The summed E-state index contributed by atoms with van der Waals surface area (Å²) in [4.78, 5) is 10.6. The van der Waals surface area contributed by atoms with Crippen LogP contribution < -0.4 is 5.73 Å². The summed E-state index contributed by atoms with van der Waals surface area (Å²) in [7, 11) is 0. The third-order valence-electron chi connectivity index (χ3n) is 3.58. The van der Waals surface area contributed by atoms with Crippen LogP contribution in [0.1, 0.15) is 5.56 Å². The normalized spacial score (nSPS) is 12.3. The number of hydrogen-bond acceptors (Lipinski definition) is 4. The highest BCUT2D eigenvalue weighted by molar-refractivity contribution is 5.92. The number of aromatic nitrogens is 5. The molecule has 122 valence electrons. The van der Waals surface area contributed by atoms with Gasteiger partial charge in [-0.1, -0.05) is 0 Å². The van der Waals surface area contributed by atoms with Crippen molar-refractivity contribution in [2.45, 2.75) is 6.18 Å². The maximum Gasteiger partial charge on any atom is 0.418 e. The summed E-state index contributed by atoms with van der Waals surface area (Å²) in [6.45, 7) is 0. The first-order valence-electron chi connectivity index (χ1n) is 6.69. The highest BCUT2D eigenvalue weighted by atomic mass is 19.4. The molecule has 0 unspecified atom stereocenters. The van der Waals surface area contributed by atoms with Gasteiger partial charge in [0.1, 0.15) is 17.0 Å². The van der Waals surface area contributed by atoms with Crippen molar-refractivity contribution in [3.05, 3.63) is 42.1 Å². The van der Waals surface area contributed by atoms with Crippen molar-refractivity contribution in [2.75, 3.05) is 5.73 Å². The molecular weight excluding hydrogens is 328 g/mol. The fourth-order valence-corrected chi connectivity index (χ4v) is 2.56. The van der Waals surface area contributed by atoms with E-state index in [1.807, 2.05) is 0 Å². The maximum absolute atomic E-state index is 13.4. The standard InChI is InChI=1S/C14H8F4N6/c15-6-3-7-8(5-21-12(7)20-4-6)13-22-11(19)10-9(14(16,17)18)1-2-24(10)23-13/h1-5H,(H,20,21)(H2,19,22,23). The minimum Gasteiger partial charge on any atom is -0.382 e. The second kappa shape index (κ2) is 4.66. The molecule has 4 rings (SSSR count). The summed E-state index contributed by atoms with van der Waals surface area (Å²) in [5, 5.41) is 4.45.